The predicted octanol–water partition coefficient (Wildman–Crippen LogP) is 4.20. The molecule has 4 amide bonds. The summed E-state index contributed by atoms with van der Waals surface area (Å²) in [5, 5.41) is 17.0. The zero-order chi connectivity index (χ0) is 44.0. The molecule has 1 atom stereocenters. The van der Waals surface area contributed by atoms with Gasteiger partial charge in [0.05, 0.1) is 35.4 Å². The standard InChI is InChI=1S/C44H58F2N12O5/c1-53(28-59)40-30(5-3-7-35(40)54(2)36-12-13-38(60)51-44(36)62)6-4-24-63-32-14-19-55(20-15-32)26-29-8-10-31(11-9-29)58-27-34(39(52-58)41(45)46)49-43(61)33-25-48-57-21-16-37(50-42(33)57)56-22-17-47-18-23-56/h3,5,7,16,21,25,27-29,31-32,36,41,47H,4,6,8-15,17-20,22-24,26H2,1-2H3,(H,49,61)(H,51,60,62)/t29-,31-,36?. The highest BCUT2D eigenvalue weighted by atomic mass is 19.3. The van der Waals surface area contributed by atoms with E-state index in [4.69, 9.17) is 9.72 Å². The number of likely N-dealkylation sites (N-methyl/N-ethyl adjacent to an activating group) is 1. The molecular weight excluding hydrogens is 815 g/mol. The van der Waals surface area contributed by atoms with E-state index in [2.05, 4.69) is 35.9 Å². The lowest BCUT2D eigenvalue weighted by Gasteiger charge is -2.36. The van der Waals surface area contributed by atoms with Crippen LogP contribution in [0.3, 0.4) is 0 Å². The van der Waals surface area contributed by atoms with Crippen LogP contribution in [0.4, 0.5) is 31.7 Å². The van der Waals surface area contributed by atoms with Crippen molar-refractivity contribution >= 4 is 52.7 Å². The molecule has 3 aliphatic heterocycles. The number of nitrogens with one attached hydrogen (secondary N) is 3. The van der Waals surface area contributed by atoms with Crippen LogP contribution in [-0.4, -0.2) is 132 Å². The molecule has 338 valence electrons. The normalized spacial score (nSPS) is 21.5. The Morgan fingerprint density at radius 1 is 1.03 bits per heavy atom. The smallest absolute Gasteiger partial charge is 0.284 e. The van der Waals surface area contributed by atoms with Gasteiger partial charge in [-0.2, -0.15) is 10.2 Å². The minimum Gasteiger partial charge on any atom is -0.378 e. The summed E-state index contributed by atoms with van der Waals surface area (Å²) in [6.45, 7) is 6.73. The fourth-order valence-electron chi connectivity index (χ4n) is 9.60. The molecule has 1 aliphatic carbocycles. The second kappa shape index (κ2) is 19.9. The van der Waals surface area contributed by atoms with E-state index in [1.54, 1.807) is 29.0 Å². The Hall–Kier alpha value is -5.53. The Balaban J connectivity index is 0.784. The van der Waals surface area contributed by atoms with Crippen molar-refractivity contribution in [2.75, 3.05) is 86.5 Å². The number of amides is 4. The van der Waals surface area contributed by atoms with Gasteiger partial charge in [0, 0.05) is 85.3 Å². The van der Waals surface area contributed by atoms with Gasteiger partial charge in [-0.1, -0.05) is 12.1 Å². The summed E-state index contributed by atoms with van der Waals surface area (Å²) in [5.74, 6) is 0.0704. The third-order valence-electron chi connectivity index (χ3n) is 13.1. The first-order valence-electron chi connectivity index (χ1n) is 22.2. The number of ether oxygens (including phenoxy) is 1. The number of nitrogens with zero attached hydrogens (tertiary/aromatic N) is 9. The lowest BCUT2D eigenvalue weighted by atomic mass is 9.85. The summed E-state index contributed by atoms with van der Waals surface area (Å²) in [6, 6.07) is 7.15. The third kappa shape index (κ3) is 10.2. The van der Waals surface area contributed by atoms with Gasteiger partial charge < -0.3 is 35.0 Å². The van der Waals surface area contributed by atoms with Gasteiger partial charge in [-0.25, -0.2) is 18.3 Å². The Morgan fingerprint density at radius 2 is 1.81 bits per heavy atom. The third-order valence-corrected chi connectivity index (χ3v) is 13.1. The van der Waals surface area contributed by atoms with Gasteiger partial charge in [0.15, 0.2) is 11.3 Å². The highest BCUT2D eigenvalue weighted by Gasteiger charge is 2.33. The van der Waals surface area contributed by atoms with Gasteiger partial charge >= 0.3 is 0 Å². The first kappa shape index (κ1) is 44.1. The van der Waals surface area contributed by atoms with Crippen LogP contribution in [0.25, 0.3) is 5.65 Å². The maximum Gasteiger partial charge on any atom is 0.284 e. The first-order valence-corrected chi connectivity index (χ1v) is 22.2. The van der Waals surface area contributed by atoms with E-state index >= 15 is 0 Å². The van der Waals surface area contributed by atoms with E-state index in [0.29, 0.717) is 31.0 Å². The molecule has 1 unspecified atom stereocenters. The Bertz CT molecular complexity index is 2250. The number of anilines is 4. The molecule has 4 fully saturated rings. The van der Waals surface area contributed by atoms with Crippen LogP contribution in [0.1, 0.15) is 91.9 Å². The number of hydrogen-bond acceptors (Lipinski definition) is 12. The molecule has 0 spiro atoms. The van der Waals surface area contributed by atoms with E-state index in [-0.39, 0.29) is 41.6 Å². The summed E-state index contributed by atoms with van der Waals surface area (Å²) in [5.41, 5.74) is 2.61. The van der Waals surface area contributed by atoms with Crippen molar-refractivity contribution in [2.45, 2.75) is 88.8 Å². The molecular formula is C44H58F2N12O5. The Morgan fingerprint density at radius 3 is 2.54 bits per heavy atom. The molecule has 3 saturated heterocycles. The largest absolute Gasteiger partial charge is 0.378 e. The number of likely N-dealkylation sites (tertiary alicyclic amines) is 1. The topological polar surface area (TPSA) is 175 Å². The minimum atomic E-state index is -2.85. The van der Waals surface area contributed by atoms with Gasteiger partial charge in [0.2, 0.25) is 18.2 Å². The number of aromatic nitrogens is 5. The van der Waals surface area contributed by atoms with Crippen LogP contribution < -0.4 is 30.7 Å². The summed E-state index contributed by atoms with van der Waals surface area (Å²) >= 11 is 0. The van der Waals surface area contributed by atoms with E-state index in [1.807, 2.05) is 36.2 Å². The predicted molar refractivity (Wildman–Crippen MR) is 233 cm³/mol. The number of para-hydroxylation sites is 1. The van der Waals surface area contributed by atoms with E-state index in [9.17, 15) is 28.0 Å². The molecule has 1 aromatic carbocycles. The van der Waals surface area contributed by atoms with E-state index in [0.717, 1.165) is 120 Å². The van der Waals surface area contributed by atoms with Gasteiger partial charge in [0.1, 0.15) is 17.4 Å². The number of rotatable bonds is 16. The molecule has 4 aliphatic rings. The SMILES string of the molecule is CN(C=O)c1c(CCCOC2CCN(C[C@H]3CC[C@H](n4cc(NC(=O)c5cnn6ccc(N7CCNCC7)nc56)c(C(F)F)n4)CC3)CC2)cccc1N(C)C1CCC(=O)NC1=O. The van der Waals surface area contributed by atoms with Crippen molar-refractivity contribution in [1.82, 2.24) is 39.9 Å². The summed E-state index contributed by atoms with van der Waals surface area (Å²) in [6.07, 6.45) is 10.4. The molecule has 17 nitrogen and oxygen atoms in total. The van der Waals surface area contributed by atoms with E-state index in [1.165, 1.54) is 10.7 Å². The van der Waals surface area contributed by atoms with Gasteiger partial charge in [-0.05, 0) is 81.4 Å². The molecule has 3 N–H and O–H groups in total. The molecule has 19 heteroatoms. The number of aryl methyl sites for hydroxylation is 1. The molecule has 0 bridgehead atoms. The maximum absolute atomic E-state index is 14.3. The second-order valence-electron chi connectivity index (χ2n) is 17.2. The van der Waals surface area contributed by atoms with Gasteiger partial charge in [-0.15, -0.1) is 0 Å². The Kier molecular flexibility index (Phi) is 13.9. The average Bonchev–Trinajstić information content (AvgIpc) is 3.93. The van der Waals surface area contributed by atoms with Crippen molar-refractivity contribution < 1.29 is 32.7 Å². The molecule has 4 aromatic rings. The van der Waals surface area contributed by atoms with Crippen LogP contribution in [0.5, 0.6) is 0 Å². The first-order chi connectivity index (χ1) is 30.6. The van der Waals surface area contributed by atoms with Crippen LogP contribution in [-0.2, 0) is 25.5 Å². The molecule has 0 radical (unpaired) electrons. The minimum absolute atomic E-state index is 0.000792. The number of alkyl halides is 2. The number of halogens is 2. The average molecular weight is 873 g/mol. The lowest BCUT2D eigenvalue weighted by molar-refractivity contribution is -0.134. The molecule has 1 saturated carbocycles. The molecule has 6 heterocycles. The fourth-order valence-corrected chi connectivity index (χ4v) is 9.60. The van der Waals surface area contributed by atoms with E-state index < -0.39 is 24.1 Å². The second-order valence-corrected chi connectivity index (χ2v) is 17.2. The highest BCUT2D eigenvalue weighted by Crippen LogP contribution is 2.37. The Labute approximate surface area is 365 Å². The highest BCUT2D eigenvalue weighted by molar-refractivity contribution is 6.08. The summed E-state index contributed by atoms with van der Waals surface area (Å²) in [7, 11) is 3.53. The van der Waals surface area contributed by atoms with Crippen LogP contribution >= 0.6 is 0 Å². The number of piperidine rings is 2. The number of benzene rings is 1. The number of carbonyl (C=O) groups excluding carboxylic acids is 4. The van der Waals surface area contributed by atoms with Crippen molar-refractivity contribution in [3.8, 4) is 0 Å². The molecule has 63 heavy (non-hydrogen) atoms. The number of imide groups is 1. The van der Waals surface area contributed by atoms with Gasteiger partial charge in [0.25, 0.3) is 12.3 Å². The molecule has 3 aromatic heterocycles. The molecule has 8 rings (SSSR count). The number of fused-ring (bicyclic) bond motifs is 1. The number of piperazine rings is 1. The number of carbonyl (C=O) groups is 4. The summed E-state index contributed by atoms with van der Waals surface area (Å²) < 4.78 is 38.0. The van der Waals surface area contributed by atoms with Crippen molar-refractivity contribution in [1.29, 1.82) is 0 Å². The van der Waals surface area contributed by atoms with Crippen LogP contribution in [0.15, 0.2) is 42.9 Å². The van der Waals surface area contributed by atoms with Crippen molar-refractivity contribution in [2.24, 2.45) is 5.92 Å². The van der Waals surface area contributed by atoms with Crippen LogP contribution in [0.2, 0.25) is 0 Å². The lowest BCUT2D eigenvalue weighted by Crippen LogP contribution is -2.51. The van der Waals surface area contributed by atoms with Crippen molar-refractivity contribution in [3.05, 3.63) is 59.7 Å². The maximum atomic E-state index is 14.3. The van der Waals surface area contributed by atoms with Crippen LogP contribution in [0, 0.1) is 5.92 Å². The zero-order valence-electron chi connectivity index (χ0n) is 36.1. The fraction of sp³-hybridized carbons (Fsp3) is 0.568. The monoisotopic (exact) mass is 872 g/mol. The number of hydrogen-bond donors (Lipinski definition) is 3. The van der Waals surface area contributed by atoms with Crippen molar-refractivity contribution in [3.63, 3.8) is 0 Å². The van der Waals surface area contributed by atoms with Gasteiger partial charge in [-0.3, -0.25) is 29.2 Å². The summed E-state index contributed by atoms with van der Waals surface area (Å²) in [4.78, 5) is 62.5. The zero-order valence-corrected chi connectivity index (χ0v) is 36.1. The quantitative estimate of drug-likeness (QED) is 0.0834.